The van der Waals surface area contributed by atoms with Crippen LogP contribution < -0.4 is 10.0 Å². The molecule has 0 aliphatic heterocycles. The Hall–Kier alpha value is -1.96. The monoisotopic (exact) mass is 396 g/mol. The van der Waals surface area contributed by atoms with Gasteiger partial charge in [0, 0.05) is 17.3 Å². The standard InChI is InChI=1S/C18H18ClFN2O3S/c19-16-11-14(7-10-17(16)20)21-18(23)12-5-8-15(9-6-12)26(24,25)22-13-3-1-2-4-13/h5-11,13,22H,1-4H2,(H,21,23). The topological polar surface area (TPSA) is 75.3 Å². The quantitative estimate of drug-likeness (QED) is 0.803. The van der Waals surface area contributed by atoms with E-state index >= 15 is 0 Å². The van der Waals surface area contributed by atoms with Crippen LogP contribution >= 0.6 is 11.6 Å². The van der Waals surface area contributed by atoms with Gasteiger partial charge in [0.25, 0.3) is 5.91 Å². The van der Waals surface area contributed by atoms with Gasteiger partial charge in [-0.05, 0) is 55.3 Å². The van der Waals surface area contributed by atoms with E-state index < -0.39 is 21.7 Å². The fourth-order valence-corrected chi connectivity index (χ4v) is 4.38. The van der Waals surface area contributed by atoms with E-state index in [1.165, 1.54) is 36.4 Å². The van der Waals surface area contributed by atoms with Crippen molar-refractivity contribution in [1.29, 1.82) is 0 Å². The molecule has 1 fully saturated rings. The molecule has 0 radical (unpaired) electrons. The molecule has 0 aromatic heterocycles. The Bertz CT molecular complexity index is 911. The summed E-state index contributed by atoms with van der Waals surface area (Å²) in [5.41, 5.74) is 0.631. The van der Waals surface area contributed by atoms with Gasteiger partial charge in [0.1, 0.15) is 5.82 Å². The number of carbonyl (C=O) groups is 1. The lowest BCUT2D eigenvalue weighted by molar-refractivity contribution is 0.102. The average molecular weight is 397 g/mol. The van der Waals surface area contributed by atoms with E-state index in [-0.39, 0.29) is 21.5 Å². The Morgan fingerprint density at radius 2 is 1.73 bits per heavy atom. The number of anilines is 1. The lowest BCUT2D eigenvalue weighted by Crippen LogP contribution is -2.32. The Balaban J connectivity index is 1.70. The number of sulfonamides is 1. The van der Waals surface area contributed by atoms with Crippen molar-refractivity contribution < 1.29 is 17.6 Å². The summed E-state index contributed by atoms with van der Waals surface area (Å²) in [6, 6.07) is 9.48. The number of halogens is 2. The first kappa shape index (κ1) is 18.8. The second-order valence-electron chi connectivity index (χ2n) is 6.21. The highest BCUT2D eigenvalue weighted by molar-refractivity contribution is 7.89. The van der Waals surface area contributed by atoms with Crippen molar-refractivity contribution in [3.63, 3.8) is 0 Å². The molecule has 0 unspecified atom stereocenters. The highest BCUT2D eigenvalue weighted by Gasteiger charge is 2.23. The highest BCUT2D eigenvalue weighted by atomic mass is 35.5. The number of hydrogen-bond donors (Lipinski definition) is 2. The van der Waals surface area contributed by atoms with Crippen molar-refractivity contribution in [2.45, 2.75) is 36.6 Å². The van der Waals surface area contributed by atoms with E-state index in [0.29, 0.717) is 5.69 Å². The number of nitrogens with one attached hydrogen (secondary N) is 2. The molecule has 138 valence electrons. The third-order valence-corrected chi connectivity index (χ3v) is 6.11. The van der Waals surface area contributed by atoms with Crippen LogP contribution in [0.2, 0.25) is 5.02 Å². The summed E-state index contributed by atoms with van der Waals surface area (Å²) in [5.74, 6) is -1.02. The zero-order valence-electron chi connectivity index (χ0n) is 13.8. The van der Waals surface area contributed by atoms with Crippen molar-refractivity contribution in [3.8, 4) is 0 Å². The fourth-order valence-electron chi connectivity index (χ4n) is 2.89. The Morgan fingerprint density at radius 1 is 1.08 bits per heavy atom. The van der Waals surface area contributed by atoms with Crippen LogP contribution in [0.5, 0.6) is 0 Å². The zero-order valence-corrected chi connectivity index (χ0v) is 15.4. The second kappa shape index (κ2) is 7.73. The van der Waals surface area contributed by atoms with Gasteiger partial charge >= 0.3 is 0 Å². The fraction of sp³-hybridized carbons (Fsp3) is 0.278. The summed E-state index contributed by atoms with van der Waals surface area (Å²) in [4.78, 5) is 12.4. The van der Waals surface area contributed by atoms with Gasteiger partial charge in [-0.15, -0.1) is 0 Å². The van der Waals surface area contributed by atoms with Crippen LogP contribution in [-0.2, 0) is 10.0 Å². The molecule has 1 aliphatic carbocycles. The first-order valence-electron chi connectivity index (χ1n) is 8.24. The molecule has 1 saturated carbocycles. The predicted molar refractivity (Wildman–Crippen MR) is 98.4 cm³/mol. The molecule has 1 amide bonds. The third-order valence-electron chi connectivity index (χ3n) is 4.28. The molecular formula is C18H18ClFN2O3S. The van der Waals surface area contributed by atoms with Crippen molar-refractivity contribution in [2.75, 3.05) is 5.32 Å². The van der Waals surface area contributed by atoms with E-state index in [9.17, 15) is 17.6 Å². The molecular weight excluding hydrogens is 379 g/mol. The number of amides is 1. The number of rotatable bonds is 5. The predicted octanol–water partition coefficient (Wildman–Crippen LogP) is 3.95. The highest BCUT2D eigenvalue weighted by Crippen LogP contribution is 2.22. The van der Waals surface area contributed by atoms with Gasteiger partial charge in [0.2, 0.25) is 10.0 Å². The van der Waals surface area contributed by atoms with Gasteiger partial charge in [-0.3, -0.25) is 4.79 Å². The van der Waals surface area contributed by atoms with Gasteiger partial charge in [-0.1, -0.05) is 24.4 Å². The minimum Gasteiger partial charge on any atom is -0.322 e. The van der Waals surface area contributed by atoms with Crippen LogP contribution in [0.3, 0.4) is 0 Å². The van der Waals surface area contributed by atoms with E-state index in [0.717, 1.165) is 31.7 Å². The molecule has 0 saturated heterocycles. The van der Waals surface area contributed by atoms with Gasteiger partial charge in [-0.2, -0.15) is 0 Å². The minimum atomic E-state index is -3.60. The largest absolute Gasteiger partial charge is 0.322 e. The molecule has 8 heteroatoms. The van der Waals surface area contributed by atoms with Gasteiger partial charge in [-0.25, -0.2) is 17.5 Å². The van der Waals surface area contributed by atoms with E-state index in [1.54, 1.807) is 0 Å². The smallest absolute Gasteiger partial charge is 0.255 e. The Morgan fingerprint density at radius 3 is 2.35 bits per heavy atom. The molecule has 0 spiro atoms. The van der Waals surface area contributed by atoms with Crippen LogP contribution in [-0.4, -0.2) is 20.4 Å². The summed E-state index contributed by atoms with van der Waals surface area (Å²) in [7, 11) is -3.60. The number of hydrogen-bond acceptors (Lipinski definition) is 3. The SMILES string of the molecule is O=C(Nc1ccc(F)c(Cl)c1)c1ccc(S(=O)(=O)NC2CCCC2)cc1. The minimum absolute atomic E-state index is 0.0220. The maximum absolute atomic E-state index is 13.2. The lowest BCUT2D eigenvalue weighted by Gasteiger charge is -2.13. The maximum Gasteiger partial charge on any atom is 0.255 e. The average Bonchev–Trinajstić information content (AvgIpc) is 3.10. The molecule has 2 N–H and O–H groups in total. The zero-order chi connectivity index (χ0) is 18.7. The van der Waals surface area contributed by atoms with Crippen molar-refractivity contribution >= 4 is 33.2 Å². The summed E-state index contributed by atoms with van der Waals surface area (Å²) >= 11 is 5.68. The van der Waals surface area contributed by atoms with E-state index in [4.69, 9.17) is 11.6 Å². The molecule has 26 heavy (non-hydrogen) atoms. The van der Waals surface area contributed by atoms with Gasteiger partial charge < -0.3 is 5.32 Å². The summed E-state index contributed by atoms with van der Waals surface area (Å²) in [5, 5.41) is 2.49. The summed E-state index contributed by atoms with van der Waals surface area (Å²) in [6.45, 7) is 0. The molecule has 1 aliphatic rings. The van der Waals surface area contributed by atoms with Crippen LogP contribution in [0.1, 0.15) is 36.0 Å². The number of carbonyl (C=O) groups excluding carboxylic acids is 1. The van der Waals surface area contributed by atoms with Crippen molar-refractivity contribution in [1.82, 2.24) is 4.72 Å². The van der Waals surface area contributed by atoms with Crippen LogP contribution in [0.4, 0.5) is 10.1 Å². The van der Waals surface area contributed by atoms with Gasteiger partial charge in [0.15, 0.2) is 0 Å². The first-order chi connectivity index (χ1) is 12.3. The van der Waals surface area contributed by atoms with Crippen LogP contribution in [0.15, 0.2) is 47.4 Å². The van der Waals surface area contributed by atoms with E-state index in [1.807, 2.05) is 0 Å². The Labute approximate surface area is 156 Å². The molecule has 5 nitrogen and oxygen atoms in total. The van der Waals surface area contributed by atoms with E-state index in [2.05, 4.69) is 10.0 Å². The lowest BCUT2D eigenvalue weighted by atomic mass is 10.2. The normalized spacial score (nSPS) is 15.2. The Kier molecular flexibility index (Phi) is 5.60. The maximum atomic E-state index is 13.2. The summed E-state index contributed by atoms with van der Waals surface area (Å²) in [6.07, 6.45) is 3.75. The van der Waals surface area contributed by atoms with Crippen LogP contribution in [0.25, 0.3) is 0 Å². The van der Waals surface area contributed by atoms with Gasteiger partial charge in [0.05, 0.1) is 9.92 Å². The molecule has 2 aromatic rings. The molecule has 0 heterocycles. The first-order valence-corrected chi connectivity index (χ1v) is 10.1. The third kappa shape index (κ3) is 4.41. The summed E-state index contributed by atoms with van der Waals surface area (Å²) < 4.78 is 40.6. The molecule has 0 atom stereocenters. The van der Waals surface area contributed by atoms with Crippen molar-refractivity contribution in [3.05, 3.63) is 58.9 Å². The van der Waals surface area contributed by atoms with Crippen LogP contribution in [0, 0.1) is 5.82 Å². The van der Waals surface area contributed by atoms with Crippen molar-refractivity contribution in [2.24, 2.45) is 0 Å². The number of benzene rings is 2. The molecule has 2 aromatic carbocycles. The molecule has 0 bridgehead atoms. The second-order valence-corrected chi connectivity index (χ2v) is 8.33. The molecule has 3 rings (SSSR count).